The van der Waals surface area contributed by atoms with Gasteiger partial charge in [-0.2, -0.15) is 0 Å². The number of nitrogens with two attached hydrogens (primary N) is 1. The van der Waals surface area contributed by atoms with Gasteiger partial charge in [-0.05, 0) is 49.7 Å². The number of rotatable bonds is 3. The van der Waals surface area contributed by atoms with E-state index in [-0.39, 0.29) is 0 Å². The lowest BCUT2D eigenvalue weighted by Crippen LogP contribution is -2.10. The number of benzene rings is 1. The first-order chi connectivity index (χ1) is 10.5. The molecule has 1 amide bonds. The maximum absolute atomic E-state index is 11.0. The van der Waals surface area contributed by atoms with Crippen molar-refractivity contribution < 1.29 is 4.79 Å². The summed E-state index contributed by atoms with van der Waals surface area (Å²) in [7, 11) is 0. The molecule has 0 spiro atoms. The average Bonchev–Trinajstić information content (AvgIpc) is 2.80. The first kappa shape index (κ1) is 13.9. The zero-order valence-electron chi connectivity index (χ0n) is 12.3. The van der Waals surface area contributed by atoms with Crippen molar-refractivity contribution in [3.05, 3.63) is 59.4 Å². The number of carbonyl (C=O) groups excluding carboxylic acids is 1. The highest BCUT2D eigenvalue weighted by molar-refractivity contribution is 5.92. The Morgan fingerprint density at radius 2 is 1.82 bits per heavy atom. The molecule has 0 aliphatic heterocycles. The Morgan fingerprint density at radius 3 is 2.50 bits per heavy atom. The Bertz CT molecular complexity index is 877. The number of fused-ring (bicyclic) bond motifs is 1. The van der Waals surface area contributed by atoms with E-state index in [1.807, 2.05) is 36.6 Å². The molecule has 2 aromatic heterocycles. The summed E-state index contributed by atoms with van der Waals surface area (Å²) in [6.07, 6.45) is 1.97. The fourth-order valence-electron chi connectivity index (χ4n) is 2.17. The van der Waals surface area contributed by atoms with Crippen molar-refractivity contribution in [1.82, 2.24) is 9.38 Å². The van der Waals surface area contributed by atoms with Gasteiger partial charge in [0.1, 0.15) is 5.65 Å². The summed E-state index contributed by atoms with van der Waals surface area (Å²) >= 11 is 0. The topological polar surface area (TPSA) is 85.1 Å². The van der Waals surface area contributed by atoms with E-state index in [0.717, 1.165) is 16.9 Å². The van der Waals surface area contributed by atoms with Gasteiger partial charge in [0.2, 0.25) is 5.91 Å². The van der Waals surface area contributed by atoms with Crippen molar-refractivity contribution in [3.8, 4) is 0 Å². The number of amides is 1. The first-order valence-electron chi connectivity index (χ1n) is 6.81. The summed E-state index contributed by atoms with van der Waals surface area (Å²) in [5.74, 6) is 0.231. The number of hydrogen-bond acceptors (Lipinski definition) is 4. The number of primary amides is 1. The summed E-state index contributed by atoms with van der Waals surface area (Å²) in [5, 5.41) is 8.49. The quantitative estimate of drug-likeness (QED) is 0.750. The van der Waals surface area contributed by atoms with Crippen LogP contribution >= 0.6 is 0 Å². The molecule has 0 aliphatic rings. The third-order valence-corrected chi connectivity index (χ3v) is 3.32. The molecule has 110 valence electrons. The average molecular weight is 293 g/mol. The predicted octanol–water partition coefficient (Wildman–Crippen LogP) is 3.47. The van der Waals surface area contributed by atoms with Crippen LogP contribution in [0.15, 0.2) is 52.8 Å². The number of azo groups is 1. The van der Waals surface area contributed by atoms with Gasteiger partial charge >= 0.3 is 0 Å². The Kier molecular flexibility index (Phi) is 3.42. The number of aryl methyl sites for hydroxylation is 2. The lowest BCUT2D eigenvalue weighted by Gasteiger charge is -1.98. The molecular weight excluding hydrogens is 278 g/mol. The van der Waals surface area contributed by atoms with Crippen LogP contribution in [-0.4, -0.2) is 15.3 Å². The molecule has 0 radical (unpaired) electrons. The van der Waals surface area contributed by atoms with E-state index in [4.69, 9.17) is 5.73 Å². The van der Waals surface area contributed by atoms with Crippen molar-refractivity contribution in [3.63, 3.8) is 0 Å². The molecule has 0 saturated heterocycles. The van der Waals surface area contributed by atoms with Gasteiger partial charge in [-0.3, -0.25) is 9.20 Å². The van der Waals surface area contributed by atoms with Crippen LogP contribution in [0.4, 0.5) is 11.5 Å². The molecule has 2 N–H and O–H groups in total. The SMILES string of the molecule is Cc1ccc2nc(C)c(N=Nc3ccc(C(N)=O)cc3)n2c1. The van der Waals surface area contributed by atoms with Crippen molar-refractivity contribution in [2.75, 3.05) is 0 Å². The molecule has 3 rings (SSSR count). The number of pyridine rings is 1. The molecule has 6 nitrogen and oxygen atoms in total. The molecule has 0 atom stereocenters. The highest BCUT2D eigenvalue weighted by Gasteiger charge is 2.08. The predicted molar refractivity (Wildman–Crippen MR) is 83.8 cm³/mol. The fourth-order valence-corrected chi connectivity index (χ4v) is 2.17. The van der Waals surface area contributed by atoms with E-state index >= 15 is 0 Å². The van der Waals surface area contributed by atoms with Crippen LogP contribution in [0.3, 0.4) is 0 Å². The number of carbonyl (C=O) groups is 1. The van der Waals surface area contributed by atoms with E-state index in [9.17, 15) is 4.79 Å². The minimum Gasteiger partial charge on any atom is -0.366 e. The molecule has 0 unspecified atom stereocenters. The third kappa shape index (κ3) is 2.58. The van der Waals surface area contributed by atoms with Gasteiger partial charge in [0.15, 0.2) is 5.82 Å². The molecule has 0 saturated carbocycles. The monoisotopic (exact) mass is 293 g/mol. The zero-order chi connectivity index (χ0) is 15.7. The van der Waals surface area contributed by atoms with Gasteiger partial charge in [-0.1, -0.05) is 6.07 Å². The molecule has 1 aromatic carbocycles. The third-order valence-electron chi connectivity index (χ3n) is 3.32. The fraction of sp³-hybridized carbons (Fsp3) is 0.125. The lowest BCUT2D eigenvalue weighted by molar-refractivity contribution is 0.100. The summed E-state index contributed by atoms with van der Waals surface area (Å²) in [4.78, 5) is 15.5. The van der Waals surface area contributed by atoms with Crippen molar-refractivity contribution in [1.29, 1.82) is 0 Å². The number of hydrogen-bond donors (Lipinski definition) is 1. The van der Waals surface area contributed by atoms with E-state index in [2.05, 4.69) is 15.2 Å². The maximum Gasteiger partial charge on any atom is 0.248 e. The normalized spacial score (nSPS) is 11.4. The van der Waals surface area contributed by atoms with Crippen molar-refractivity contribution in [2.24, 2.45) is 16.0 Å². The molecule has 6 heteroatoms. The van der Waals surface area contributed by atoms with Crippen molar-refractivity contribution >= 4 is 23.1 Å². The Morgan fingerprint density at radius 1 is 1.09 bits per heavy atom. The van der Waals surface area contributed by atoms with E-state index < -0.39 is 5.91 Å². The van der Waals surface area contributed by atoms with Gasteiger partial charge in [0, 0.05) is 11.8 Å². The number of imidazole rings is 1. The largest absolute Gasteiger partial charge is 0.366 e. The van der Waals surface area contributed by atoms with Crippen LogP contribution < -0.4 is 5.73 Å². The van der Waals surface area contributed by atoms with E-state index in [1.165, 1.54) is 0 Å². The van der Waals surface area contributed by atoms with Crippen LogP contribution in [0.1, 0.15) is 21.6 Å². The van der Waals surface area contributed by atoms with Gasteiger partial charge in [-0.25, -0.2) is 4.98 Å². The summed E-state index contributed by atoms with van der Waals surface area (Å²) < 4.78 is 1.91. The minimum absolute atomic E-state index is 0.445. The summed E-state index contributed by atoms with van der Waals surface area (Å²) in [5.41, 5.74) is 9.06. The van der Waals surface area contributed by atoms with Crippen molar-refractivity contribution in [2.45, 2.75) is 13.8 Å². The number of nitrogens with zero attached hydrogens (tertiary/aromatic N) is 4. The van der Waals surface area contributed by atoms with E-state index in [1.54, 1.807) is 24.3 Å². The van der Waals surface area contributed by atoms with Crippen LogP contribution in [0.25, 0.3) is 5.65 Å². The molecular formula is C16H15N5O. The van der Waals surface area contributed by atoms with Crippen LogP contribution in [0, 0.1) is 13.8 Å². The van der Waals surface area contributed by atoms with E-state index in [0.29, 0.717) is 17.1 Å². The summed E-state index contributed by atoms with van der Waals surface area (Å²) in [6, 6.07) is 10.6. The Hall–Kier alpha value is -3.02. The summed E-state index contributed by atoms with van der Waals surface area (Å²) in [6.45, 7) is 3.91. The van der Waals surface area contributed by atoms with Crippen LogP contribution in [0.2, 0.25) is 0 Å². The second-order valence-corrected chi connectivity index (χ2v) is 5.07. The standard InChI is InChI=1S/C16H15N5O/c1-10-3-8-14-18-11(2)16(21(14)9-10)20-19-13-6-4-12(5-7-13)15(17)22/h3-9H,1-2H3,(H2,17,22). The second kappa shape index (κ2) is 5.40. The molecule has 3 aromatic rings. The highest BCUT2D eigenvalue weighted by Crippen LogP contribution is 2.24. The molecule has 2 heterocycles. The number of aromatic nitrogens is 2. The molecule has 0 fully saturated rings. The first-order valence-corrected chi connectivity index (χ1v) is 6.81. The van der Waals surface area contributed by atoms with Gasteiger partial charge in [0.05, 0.1) is 11.4 Å². The second-order valence-electron chi connectivity index (χ2n) is 5.07. The van der Waals surface area contributed by atoms with Gasteiger partial charge < -0.3 is 5.73 Å². The lowest BCUT2D eigenvalue weighted by atomic mass is 10.2. The minimum atomic E-state index is -0.461. The van der Waals surface area contributed by atoms with Gasteiger partial charge in [-0.15, -0.1) is 10.2 Å². The highest BCUT2D eigenvalue weighted by atomic mass is 16.1. The molecule has 0 aliphatic carbocycles. The van der Waals surface area contributed by atoms with Crippen LogP contribution in [0.5, 0.6) is 0 Å². The zero-order valence-corrected chi connectivity index (χ0v) is 12.3. The Labute approximate surface area is 127 Å². The Balaban J connectivity index is 1.96. The molecule has 22 heavy (non-hydrogen) atoms. The van der Waals surface area contributed by atoms with Crippen LogP contribution in [-0.2, 0) is 0 Å². The maximum atomic E-state index is 11.0. The van der Waals surface area contributed by atoms with Gasteiger partial charge in [0.25, 0.3) is 0 Å². The molecule has 0 bridgehead atoms. The smallest absolute Gasteiger partial charge is 0.248 e.